The molecule has 18 heavy (non-hydrogen) atoms. The van der Waals surface area contributed by atoms with Crippen LogP contribution in [0.15, 0.2) is 18.2 Å². The molecule has 1 aliphatic heterocycles. The zero-order valence-electron chi connectivity index (χ0n) is 10.4. The van der Waals surface area contributed by atoms with Crippen LogP contribution in [0.4, 0.5) is 5.69 Å². The molecule has 4 nitrogen and oxygen atoms in total. The fourth-order valence-electron chi connectivity index (χ4n) is 1.83. The van der Waals surface area contributed by atoms with Crippen LogP contribution in [0.3, 0.4) is 0 Å². The molecule has 1 heterocycles. The highest BCUT2D eigenvalue weighted by atomic mass is 32.1. The molecular formula is C13H16N2O2S. The highest BCUT2D eigenvalue weighted by Crippen LogP contribution is 2.18. The average molecular weight is 264 g/mol. The molecule has 2 N–H and O–H groups in total. The summed E-state index contributed by atoms with van der Waals surface area (Å²) in [6, 6.07) is 5.65. The van der Waals surface area contributed by atoms with Crippen molar-refractivity contribution in [3.05, 3.63) is 29.3 Å². The monoisotopic (exact) mass is 264 g/mol. The summed E-state index contributed by atoms with van der Waals surface area (Å²) in [4.78, 5) is 11.3. The SMILES string of the molecule is Cc1cccc(NC(=S)N[C@H]2CCOC2=O)c1C. The number of aryl methyl sites for hydroxylation is 1. The standard InChI is InChI=1S/C13H16N2O2S/c1-8-4-3-5-10(9(8)2)14-13(18)15-11-6-7-17-12(11)16/h3-5,11H,6-7H2,1-2H3,(H2,14,15,18)/t11-/m0/s1. The normalized spacial score (nSPS) is 18.3. The number of ether oxygens (including phenoxy) is 1. The van der Waals surface area contributed by atoms with Crippen LogP contribution >= 0.6 is 12.2 Å². The largest absolute Gasteiger partial charge is 0.464 e. The van der Waals surface area contributed by atoms with E-state index in [2.05, 4.69) is 10.6 Å². The maximum absolute atomic E-state index is 11.3. The third kappa shape index (κ3) is 2.79. The number of rotatable bonds is 2. The van der Waals surface area contributed by atoms with E-state index in [1.54, 1.807) is 0 Å². The van der Waals surface area contributed by atoms with Gasteiger partial charge in [0.15, 0.2) is 5.11 Å². The maximum atomic E-state index is 11.3. The zero-order valence-corrected chi connectivity index (χ0v) is 11.3. The van der Waals surface area contributed by atoms with E-state index in [9.17, 15) is 4.79 Å². The number of carbonyl (C=O) groups excluding carboxylic acids is 1. The summed E-state index contributed by atoms with van der Waals surface area (Å²) < 4.78 is 4.87. The molecule has 0 spiro atoms. The Morgan fingerprint density at radius 3 is 2.89 bits per heavy atom. The Morgan fingerprint density at radius 1 is 1.44 bits per heavy atom. The molecule has 1 atom stereocenters. The molecule has 1 aliphatic rings. The predicted molar refractivity (Wildman–Crippen MR) is 74.6 cm³/mol. The Morgan fingerprint density at radius 2 is 2.22 bits per heavy atom. The van der Waals surface area contributed by atoms with Gasteiger partial charge in [0.1, 0.15) is 6.04 Å². The Hall–Kier alpha value is -1.62. The van der Waals surface area contributed by atoms with Crippen LogP contribution in [-0.2, 0) is 9.53 Å². The number of anilines is 1. The van der Waals surface area contributed by atoms with Crippen LogP contribution in [0.5, 0.6) is 0 Å². The van der Waals surface area contributed by atoms with E-state index in [0.29, 0.717) is 18.1 Å². The molecule has 1 aromatic rings. The summed E-state index contributed by atoms with van der Waals surface area (Å²) in [5.41, 5.74) is 3.30. The number of hydrogen-bond donors (Lipinski definition) is 2. The van der Waals surface area contributed by atoms with E-state index in [-0.39, 0.29) is 12.0 Å². The first-order valence-corrected chi connectivity index (χ1v) is 6.29. The number of cyclic esters (lactones) is 1. The van der Waals surface area contributed by atoms with Crippen molar-refractivity contribution in [2.75, 3.05) is 11.9 Å². The van der Waals surface area contributed by atoms with Gasteiger partial charge < -0.3 is 15.4 Å². The molecule has 2 rings (SSSR count). The summed E-state index contributed by atoms with van der Waals surface area (Å²) in [5, 5.41) is 6.53. The third-order valence-corrected chi connectivity index (χ3v) is 3.31. The van der Waals surface area contributed by atoms with E-state index >= 15 is 0 Å². The minimum atomic E-state index is -0.324. The van der Waals surface area contributed by atoms with Gasteiger partial charge in [0.05, 0.1) is 6.61 Å². The molecule has 0 saturated carbocycles. The molecular weight excluding hydrogens is 248 g/mol. The molecule has 0 aliphatic carbocycles. The van der Waals surface area contributed by atoms with Crippen molar-refractivity contribution in [1.82, 2.24) is 5.32 Å². The molecule has 1 aromatic carbocycles. The molecule has 0 bridgehead atoms. The summed E-state index contributed by atoms with van der Waals surface area (Å²) in [5.74, 6) is -0.236. The van der Waals surface area contributed by atoms with Crippen LogP contribution in [0, 0.1) is 13.8 Å². The lowest BCUT2D eigenvalue weighted by molar-refractivity contribution is -0.139. The fraction of sp³-hybridized carbons (Fsp3) is 0.385. The lowest BCUT2D eigenvalue weighted by Gasteiger charge is -2.15. The number of benzene rings is 1. The van der Waals surface area contributed by atoms with Crippen molar-refractivity contribution < 1.29 is 9.53 Å². The Bertz CT molecular complexity index is 488. The van der Waals surface area contributed by atoms with Gasteiger partial charge in [0.25, 0.3) is 0 Å². The van der Waals surface area contributed by atoms with Gasteiger partial charge in [-0.1, -0.05) is 12.1 Å². The average Bonchev–Trinajstić information content (AvgIpc) is 2.71. The summed E-state index contributed by atoms with van der Waals surface area (Å²) in [6.07, 6.45) is 0.660. The van der Waals surface area contributed by atoms with Crippen LogP contribution in [0.25, 0.3) is 0 Å². The van der Waals surface area contributed by atoms with Crippen molar-refractivity contribution in [1.29, 1.82) is 0 Å². The Balaban J connectivity index is 1.99. The molecule has 0 radical (unpaired) electrons. The second-order valence-corrected chi connectivity index (χ2v) is 4.76. The van der Waals surface area contributed by atoms with Crippen LogP contribution in [0.1, 0.15) is 17.5 Å². The van der Waals surface area contributed by atoms with Gasteiger partial charge in [0.2, 0.25) is 0 Å². The first kappa shape index (κ1) is 12.8. The molecule has 0 amide bonds. The summed E-state index contributed by atoms with van der Waals surface area (Å²) >= 11 is 5.20. The van der Waals surface area contributed by atoms with Crippen molar-refractivity contribution >= 4 is 29.0 Å². The van der Waals surface area contributed by atoms with E-state index in [1.165, 1.54) is 5.56 Å². The second-order valence-electron chi connectivity index (χ2n) is 4.35. The van der Waals surface area contributed by atoms with E-state index < -0.39 is 0 Å². The van der Waals surface area contributed by atoms with Gasteiger partial charge in [-0.25, -0.2) is 4.79 Å². The predicted octanol–water partition coefficient (Wildman–Crippen LogP) is 1.91. The van der Waals surface area contributed by atoms with Gasteiger partial charge in [-0.05, 0) is 43.3 Å². The Kier molecular flexibility index (Phi) is 3.81. The number of thiocarbonyl (C=S) groups is 1. The highest BCUT2D eigenvalue weighted by molar-refractivity contribution is 7.80. The van der Waals surface area contributed by atoms with Crippen molar-refractivity contribution in [2.45, 2.75) is 26.3 Å². The van der Waals surface area contributed by atoms with Gasteiger partial charge in [-0.15, -0.1) is 0 Å². The molecule has 5 heteroatoms. The second kappa shape index (κ2) is 5.35. The van der Waals surface area contributed by atoms with Gasteiger partial charge >= 0.3 is 5.97 Å². The van der Waals surface area contributed by atoms with Crippen molar-refractivity contribution in [3.63, 3.8) is 0 Å². The van der Waals surface area contributed by atoms with Crippen LogP contribution in [-0.4, -0.2) is 23.7 Å². The lowest BCUT2D eigenvalue weighted by Crippen LogP contribution is -2.40. The molecule has 1 fully saturated rings. The van der Waals surface area contributed by atoms with Gasteiger partial charge in [-0.2, -0.15) is 0 Å². The Labute approximate surface area is 112 Å². The number of esters is 1. The van der Waals surface area contributed by atoms with Crippen molar-refractivity contribution in [2.24, 2.45) is 0 Å². The highest BCUT2D eigenvalue weighted by Gasteiger charge is 2.26. The zero-order chi connectivity index (χ0) is 13.1. The fourth-order valence-corrected chi connectivity index (χ4v) is 2.08. The third-order valence-electron chi connectivity index (χ3n) is 3.09. The molecule has 0 aromatic heterocycles. The summed E-state index contributed by atoms with van der Waals surface area (Å²) in [7, 11) is 0. The van der Waals surface area contributed by atoms with E-state index in [4.69, 9.17) is 17.0 Å². The first-order chi connectivity index (χ1) is 8.58. The smallest absolute Gasteiger partial charge is 0.328 e. The minimum Gasteiger partial charge on any atom is -0.464 e. The molecule has 96 valence electrons. The number of hydrogen-bond acceptors (Lipinski definition) is 3. The summed E-state index contributed by atoms with van der Waals surface area (Å²) in [6.45, 7) is 4.54. The lowest BCUT2D eigenvalue weighted by atomic mass is 10.1. The van der Waals surface area contributed by atoms with E-state index in [0.717, 1.165) is 11.3 Å². The first-order valence-electron chi connectivity index (χ1n) is 5.88. The minimum absolute atomic E-state index is 0.236. The van der Waals surface area contributed by atoms with Gasteiger partial charge in [0, 0.05) is 12.1 Å². The van der Waals surface area contributed by atoms with Crippen LogP contribution in [0.2, 0.25) is 0 Å². The number of nitrogens with one attached hydrogen (secondary N) is 2. The van der Waals surface area contributed by atoms with Crippen LogP contribution < -0.4 is 10.6 Å². The van der Waals surface area contributed by atoms with E-state index in [1.807, 2.05) is 32.0 Å². The topological polar surface area (TPSA) is 50.4 Å². The maximum Gasteiger partial charge on any atom is 0.328 e. The molecule has 0 unspecified atom stereocenters. The molecule has 1 saturated heterocycles. The van der Waals surface area contributed by atoms with Gasteiger partial charge in [-0.3, -0.25) is 0 Å². The number of carbonyl (C=O) groups is 1. The van der Waals surface area contributed by atoms with Crippen molar-refractivity contribution in [3.8, 4) is 0 Å². The quantitative estimate of drug-likeness (QED) is 0.631.